The van der Waals surface area contributed by atoms with E-state index in [-0.39, 0.29) is 5.16 Å². The van der Waals surface area contributed by atoms with Crippen molar-refractivity contribution in [3.63, 3.8) is 0 Å². The quantitative estimate of drug-likeness (QED) is 0.810. The Morgan fingerprint density at radius 1 is 1.32 bits per heavy atom. The summed E-state index contributed by atoms with van der Waals surface area (Å²) in [4.78, 5) is 4.21. The molecule has 0 aliphatic heterocycles. The molecule has 2 aromatic rings. The molecule has 0 radical (unpaired) electrons. The summed E-state index contributed by atoms with van der Waals surface area (Å²) in [5, 5.41) is 0.112. The Bertz CT molecular complexity index is 848. The van der Waals surface area contributed by atoms with Crippen molar-refractivity contribution in [2.75, 3.05) is 6.26 Å². The van der Waals surface area contributed by atoms with E-state index in [9.17, 15) is 12.6 Å². The van der Waals surface area contributed by atoms with Crippen LogP contribution in [0.25, 0.3) is 11.0 Å². The summed E-state index contributed by atoms with van der Waals surface area (Å²) in [6, 6.07) is 7.20. The monoisotopic (exact) mass is 321 g/mol. The smallest absolute Gasteiger partial charge is 0.316 e. The van der Waals surface area contributed by atoms with Gasteiger partial charge in [0.25, 0.3) is 0 Å². The van der Waals surface area contributed by atoms with Gasteiger partial charge in [-0.2, -0.15) is 8.42 Å². The van der Waals surface area contributed by atoms with Crippen LogP contribution in [0.4, 0.5) is 0 Å². The zero-order valence-corrected chi connectivity index (χ0v) is 12.7. The van der Waals surface area contributed by atoms with Gasteiger partial charge < -0.3 is 4.57 Å². The van der Waals surface area contributed by atoms with Gasteiger partial charge in [0, 0.05) is 23.5 Å². The number of imidazole rings is 1. The minimum absolute atomic E-state index is 0.112. The van der Waals surface area contributed by atoms with Gasteiger partial charge in [0.1, 0.15) is 9.73 Å². The van der Waals surface area contributed by atoms with Crippen LogP contribution in [0.1, 0.15) is 6.92 Å². The first-order valence-electron chi connectivity index (χ1n) is 5.38. The molecule has 104 valence electrons. The topological polar surface area (TPSA) is 81.4 Å². The number of hydrogen-bond donors (Lipinski definition) is 0. The Balaban J connectivity index is 2.84. The van der Waals surface area contributed by atoms with Gasteiger partial charge in [-0.1, -0.05) is 15.9 Å². The molecule has 1 atom stereocenters. The molecule has 0 N–H and O–H groups in total. The minimum Gasteiger partial charge on any atom is -0.316 e. The SMILES string of the molecule is CCn1c([S@](C)(=O)=NS(=O)(=O)Cl)nc2ccccc21. The predicted molar refractivity (Wildman–Crippen MR) is 74.9 cm³/mol. The van der Waals surface area contributed by atoms with Gasteiger partial charge in [-0.05, 0) is 19.1 Å². The maximum Gasteiger partial charge on any atom is 0.347 e. The Hall–Kier alpha value is -1.12. The van der Waals surface area contributed by atoms with Crippen molar-refractivity contribution in [1.82, 2.24) is 9.55 Å². The van der Waals surface area contributed by atoms with Gasteiger partial charge in [0.15, 0.2) is 0 Å². The maximum atomic E-state index is 12.4. The molecule has 0 fully saturated rings. The summed E-state index contributed by atoms with van der Waals surface area (Å²) in [5.41, 5.74) is 1.41. The first-order valence-corrected chi connectivity index (χ1v) is 9.57. The number of aromatic nitrogens is 2. The van der Waals surface area contributed by atoms with Crippen molar-refractivity contribution >= 4 is 40.7 Å². The van der Waals surface area contributed by atoms with Crippen LogP contribution in [-0.4, -0.2) is 28.4 Å². The third kappa shape index (κ3) is 2.90. The summed E-state index contributed by atoms with van der Waals surface area (Å²) in [6.07, 6.45) is 1.21. The number of para-hydroxylation sites is 2. The molecular weight excluding hydrogens is 310 g/mol. The Morgan fingerprint density at radius 2 is 1.95 bits per heavy atom. The number of halogens is 1. The van der Waals surface area contributed by atoms with E-state index in [1.54, 1.807) is 16.7 Å². The minimum atomic E-state index is -4.22. The number of hydrogen-bond acceptors (Lipinski definition) is 4. The summed E-state index contributed by atoms with van der Waals surface area (Å²) >= 11 is 0. The lowest BCUT2D eigenvalue weighted by Gasteiger charge is -2.06. The van der Waals surface area contributed by atoms with Crippen molar-refractivity contribution in [3.05, 3.63) is 24.3 Å². The highest BCUT2D eigenvalue weighted by Gasteiger charge is 2.19. The highest BCUT2D eigenvalue weighted by atomic mass is 35.7. The number of rotatable bonds is 3. The van der Waals surface area contributed by atoms with Crippen LogP contribution in [0.5, 0.6) is 0 Å². The highest BCUT2D eigenvalue weighted by Crippen LogP contribution is 2.21. The average molecular weight is 322 g/mol. The summed E-state index contributed by atoms with van der Waals surface area (Å²) in [6.45, 7) is 2.35. The molecule has 0 amide bonds. The molecule has 0 bridgehead atoms. The zero-order valence-electron chi connectivity index (χ0n) is 10.3. The number of aryl methyl sites for hydroxylation is 1. The van der Waals surface area contributed by atoms with Crippen LogP contribution < -0.4 is 0 Å². The van der Waals surface area contributed by atoms with Gasteiger partial charge in [-0.25, -0.2) is 9.19 Å². The van der Waals surface area contributed by atoms with Gasteiger partial charge >= 0.3 is 9.24 Å². The Kier molecular flexibility index (Phi) is 3.59. The fourth-order valence-corrected chi connectivity index (χ4v) is 5.35. The number of benzene rings is 1. The lowest BCUT2D eigenvalue weighted by Crippen LogP contribution is -2.09. The van der Waals surface area contributed by atoms with Crippen LogP contribution in [0.15, 0.2) is 33.2 Å². The van der Waals surface area contributed by atoms with Crippen LogP contribution in [0.2, 0.25) is 0 Å². The van der Waals surface area contributed by atoms with E-state index in [0.717, 1.165) is 5.52 Å². The molecule has 0 unspecified atom stereocenters. The molecule has 19 heavy (non-hydrogen) atoms. The van der Waals surface area contributed by atoms with Crippen molar-refractivity contribution < 1.29 is 12.6 Å². The van der Waals surface area contributed by atoms with Crippen LogP contribution >= 0.6 is 10.7 Å². The predicted octanol–water partition coefficient (Wildman–Crippen LogP) is 2.00. The Morgan fingerprint density at radius 3 is 2.53 bits per heavy atom. The van der Waals surface area contributed by atoms with Crippen LogP contribution in [0, 0.1) is 0 Å². The Labute approximate surface area is 116 Å². The second-order valence-corrected chi connectivity index (χ2v) is 8.48. The van der Waals surface area contributed by atoms with E-state index in [4.69, 9.17) is 10.7 Å². The summed E-state index contributed by atoms with van der Waals surface area (Å²) in [7, 11) is -2.39. The van der Waals surface area contributed by atoms with E-state index in [1.807, 2.05) is 19.1 Å². The zero-order chi connectivity index (χ0) is 14.3. The summed E-state index contributed by atoms with van der Waals surface area (Å²) in [5.74, 6) is 0. The molecule has 0 saturated heterocycles. The molecule has 0 aliphatic carbocycles. The maximum absolute atomic E-state index is 12.4. The third-order valence-electron chi connectivity index (χ3n) is 2.51. The second kappa shape index (κ2) is 4.77. The molecule has 1 aromatic heterocycles. The fraction of sp³-hybridized carbons (Fsp3) is 0.300. The van der Waals surface area contributed by atoms with E-state index in [2.05, 4.69) is 8.75 Å². The molecule has 1 heterocycles. The largest absolute Gasteiger partial charge is 0.347 e. The first-order chi connectivity index (χ1) is 8.74. The van der Waals surface area contributed by atoms with Gasteiger partial charge in [0.05, 0.1) is 11.0 Å². The second-order valence-electron chi connectivity index (χ2n) is 3.92. The normalized spacial score (nSPS) is 15.3. The lowest BCUT2D eigenvalue weighted by atomic mass is 10.3. The van der Waals surface area contributed by atoms with Gasteiger partial charge in [0.2, 0.25) is 5.16 Å². The standard InChI is InChI=1S/C10H12ClN3O3S2/c1-3-14-9-7-5-4-6-8(9)12-10(14)18(2,15)13-19(11,16)17/h4-7H,3H2,1-2H3/t18-/m0/s1. The molecule has 6 nitrogen and oxygen atoms in total. The number of fused-ring (bicyclic) bond motifs is 1. The molecule has 0 aliphatic rings. The van der Waals surface area contributed by atoms with Crippen molar-refractivity contribution in [2.45, 2.75) is 18.6 Å². The first kappa shape index (κ1) is 14.3. The molecule has 2 rings (SSSR count). The lowest BCUT2D eigenvalue weighted by molar-refractivity contribution is 0.610. The van der Waals surface area contributed by atoms with Crippen molar-refractivity contribution in [3.8, 4) is 0 Å². The molecule has 1 aromatic carbocycles. The van der Waals surface area contributed by atoms with Gasteiger partial charge in [-0.3, -0.25) is 0 Å². The van der Waals surface area contributed by atoms with E-state index in [1.165, 1.54) is 6.26 Å². The van der Waals surface area contributed by atoms with Crippen LogP contribution in [0.3, 0.4) is 0 Å². The highest BCUT2D eigenvalue weighted by molar-refractivity contribution is 8.17. The van der Waals surface area contributed by atoms with Crippen molar-refractivity contribution in [1.29, 1.82) is 0 Å². The van der Waals surface area contributed by atoms with Crippen LogP contribution in [-0.2, 0) is 25.5 Å². The third-order valence-corrected chi connectivity index (χ3v) is 5.85. The summed E-state index contributed by atoms with van der Waals surface area (Å²) < 4.78 is 39.3. The number of nitrogens with zero attached hydrogens (tertiary/aromatic N) is 3. The molecule has 9 heteroatoms. The fourth-order valence-electron chi connectivity index (χ4n) is 1.85. The van der Waals surface area contributed by atoms with E-state index < -0.39 is 19.0 Å². The van der Waals surface area contributed by atoms with E-state index in [0.29, 0.717) is 12.1 Å². The van der Waals surface area contributed by atoms with E-state index >= 15 is 0 Å². The molecular formula is C10H12ClN3O3S2. The molecule has 0 spiro atoms. The van der Waals surface area contributed by atoms with Crippen molar-refractivity contribution in [2.24, 2.45) is 3.77 Å². The molecule has 0 saturated carbocycles. The van der Waals surface area contributed by atoms with Gasteiger partial charge in [-0.15, -0.1) is 0 Å². The average Bonchev–Trinajstić information content (AvgIpc) is 2.64.